The zero-order valence-corrected chi connectivity index (χ0v) is 14.2. The number of carbonyl (C=O) groups is 2. The first-order chi connectivity index (χ1) is 8.61. The summed E-state index contributed by atoms with van der Waals surface area (Å²) < 4.78 is 0. The predicted molar refractivity (Wildman–Crippen MR) is 62.0 cm³/mol. The summed E-state index contributed by atoms with van der Waals surface area (Å²) in [6.07, 6.45) is 0. The Bertz CT molecular complexity index is 253. The van der Waals surface area contributed by atoms with Gasteiger partial charge in [-0.2, -0.15) is 0 Å². The van der Waals surface area contributed by atoms with Crippen LogP contribution in [0.2, 0.25) is 0 Å². The fourth-order valence-corrected chi connectivity index (χ4v) is 1.65. The van der Waals surface area contributed by atoms with Crippen molar-refractivity contribution in [2.45, 2.75) is 12.1 Å². The second kappa shape index (κ2) is 11.1. The molecule has 2 rings (SSSR count). The van der Waals surface area contributed by atoms with Crippen molar-refractivity contribution in [2.75, 3.05) is 39.3 Å². The molecule has 104 valence electrons. The molecule has 0 aliphatic carbocycles. The Labute approximate surface area is 154 Å². The number of piperazine rings is 2. The Morgan fingerprint density at radius 1 is 0.947 bits per heavy atom. The van der Waals surface area contributed by atoms with Gasteiger partial charge in [0.05, 0.1) is 12.0 Å². The van der Waals surface area contributed by atoms with Crippen LogP contribution in [0.5, 0.6) is 0 Å². The van der Waals surface area contributed by atoms with Crippen LogP contribution in [0, 0.1) is 0 Å². The summed E-state index contributed by atoms with van der Waals surface area (Å²) in [5.41, 5.74) is 0. The summed E-state index contributed by atoms with van der Waals surface area (Å²) >= 11 is 0. The van der Waals surface area contributed by atoms with Gasteiger partial charge in [-0.05, 0) is 0 Å². The molecule has 0 amide bonds. The predicted octanol–water partition coefficient (Wildman–Crippen LogP) is -7.07. The van der Waals surface area contributed by atoms with E-state index in [2.05, 4.69) is 21.3 Å². The minimum atomic E-state index is -1.03. The topological polar surface area (TPSA) is 126 Å². The van der Waals surface area contributed by atoms with Gasteiger partial charge in [0.1, 0.15) is 6.04 Å². The van der Waals surface area contributed by atoms with Gasteiger partial charge >= 0.3 is 57.4 Å². The summed E-state index contributed by atoms with van der Waals surface area (Å²) in [6, 6.07) is -0.891. The van der Waals surface area contributed by atoms with Crippen molar-refractivity contribution in [3.05, 3.63) is 0 Å². The minimum Gasteiger partial charge on any atom is -0.548 e. The summed E-state index contributed by atoms with van der Waals surface area (Å²) in [6.45, 7) is 4.17. The van der Waals surface area contributed by atoms with Crippen LogP contribution in [-0.4, -0.2) is 68.4 Å². The van der Waals surface area contributed by atoms with Crippen LogP contribution in [0.15, 0.2) is 0 Å². The molecule has 0 bridgehead atoms. The largest absolute Gasteiger partial charge is 1.00 e. The van der Waals surface area contributed by atoms with Crippen LogP contribution < -0.4 is 77.8 Å². The van der Waals surface area contributed by atoms with E-state index < -0.39 is 24.0 Å². The van der Waals surface area contributed by atoms with Crippen molar-refractivity contribution in [1.82, 2.24) is 21.3 Å². The average Bonchev–Trinajstić information content (AvgIpc) is 2.41. The van der Waals surface area contributed by atoms with Crippen molar-refractivity contribution in [3.63, 3.8) is 0 Å². The number of carboxylic acid groups (broad SMARTS) is 2. The Kier molecular flexibility index (Phi) is 11.4. The van der Waals surface area contributed by atoms with E-state index in [9.17, 15) is 14.7 Å². The maximum atomic E-state index is 10.3. The molecule has 0 aromatic carbocycles. The zero-order valence-electron chi connectivity index (χ0n) is 11.1. The normalized spacial score (nSPS) is 26.3. The Balaban J connectivity index is 0.000000324. The smallest absolute Gasteiger partial charge is 0.548 e. The standard InChI is InChI=1S/2C5H10N2O2.K/c2*8-5(9)4-3-6-1-2-7-4;/h2*4,6-7H,1-3H2,(H,8,9);/q;;+1/p-1/t4-;;/m0../s1. The molecule has 2 fully saturated rings. The average molecular weight is 298 g/mol. The Morgan fingerprint density at radius 3 is 1.63 bits per heavy atom. The summed E-state index contributed by atoms with van der Waals surface area (Å²) in [5, 5.41) is 30.1. The fourth-order valence-electron chi connectivity index (χ4n) is 1.65. The third kappa shape index (κ3) is 8.33. The summed E-state index contributed by atoms with van der Waals surface area (Å²) in [5.74, 6) is -1.80. The van der Waals surface area contributed by atoms with Crippen LogP contribution in [0.25, 0.3) is 0 Å². The van der Waals surface area contributed by atoms with Crippen LogP contribution >= 0.6 is 0 Å². The van der Waals surface area contributed by atoms with Gasteiger partial charge < -0.3 is 36.3 Å². The number of carboxylic acids is 2. The van der Waals surface area contributed by atoms with Gasteiger partial charge in [-0.1, -0.05) is 0 Å². The molecule has 8 nitrogen and oxygen atoms in total. The SMILES string of the molecule is O=C(O)[C@@H]1CNCCN1.O=C([O-])C1CNCCN1.[K+]. The summed E-state index contributed by atoms with van der Waals surface area (Å²) in [4.78, 5) is 20.4. The van der Waals surface area contributed by atoms with Gasteiger partial charge in [0.2, 0.25) is 0 Å². The van der Waals surface area contributed by atoms with Crippen molar-refractivity contribution >= 4 is 11.9 Å². The van der Waals surface area contributed by atoms with E-state index in [-0.39, 0.29) is 51.4 Å². The number of nitrogens with one attached hydrogen (secondary N) is 4. The molecule has 2 aliphatic rings. The molecule has 5 N–H and O–H groups in total. The molecular formula is C10H19KN4O4. The van der Waals surface area contributed by atoms with Gasteiger partial charge in [-0.15, -0.1) is 0 Å². The quantitative estimate of drug-likeness (QED) is 0.318. The molecule has 1 unspecified atom stereocenters. The third-order valence-electron chi connectivity index (χ3n) is 2.66. The van der Waals surface area contributed by atoms with E-state index in [0.717, 1.165) is 19.6 Å². The third-order valence-corrected chi connectivity index (χ3v) is 2.66. The molecule has 0 spiro atoms. The molecule has 0 radical (unpaired) electrons. The van der Waals surface area contributed by atoms with E-state index in [4.69, 9.17) is 5.11 Å². The van der Waals surface area contributed by atoms with Crippen LogP contribution in [0.3, 0.4) is 0 Å². The van der Waals surface area contributed by atoms with Crippen LogP contribution in [0.4, 0.5) is 0 Å². The number of hydrogen-bond acceptors (Lipinski definition) is 7. The maximum absolute atomic E-state index is 10.3. The van der Waals surface area contributed by atoms with Crippen LogP contribution in [0.1, 0.15) is 0 Å². The molecule has 2 aliphatic heterocycles. The van der Waals surface area contributed by atoms with E-state index in [1.165, 1.54) is 0 Å². The molecule has 0 aromatic rings. The Hall–Kier alpha value is 0.416. The van der Waals surface area contributed by atoms with E-state index in [1.54, 1.807) is 0 Å². The minimum absolute atomic E-state index is 0. The first kappa shape index (κ1) is 19.4. The summed E-state index contributed by atoms with van der Waals surface area (Å²) in [7, 11) is 0. The molecule has 19 heavy (non-hydrogen) atoms. The van der Waals surface area contributed by atoms with E-state index in [1.807, 2.05) is 0 Å². The van der Waals surface area contributed by atoms with Gasteiger partial charge in [0, 0.05) is 39.3 Å². The fraction of sp³-hybridized carbons (Fsp3) is 0.800. The van der Waals surface area contributed by atoms with Crippen molar-refractivity contribution in [3.8, 4) is 0 Å². The molecular weight excluding hydrogens is 279 g/mol. The number of rotatable bonds is 2. The molecule has 0 aromatic heterocycles. The Morgan fingerprint density at radius 2 is 1.42 bits per heavy atom. The van der Waals surface area contributed by atoms with Crippen molar-refractivity contribution in [2.24, 2.45) is 0 Å². The number of carbonyl (C=O) groups excluding carboxylic acids is 1. The number of aliphatic carboxylic acids is 2. The van der Waals surface area contributed by atoms with Crippen molar-refractivity contribution in [1.29, 1.82) is 0 Å². The van der Waals surface area contributed by atoms with Gasteiger partial charge in [0.25, 0.3) is 0 Å². The first-order valence-electron chi connectivity index (χ1n) is 5.93. The molecule has 0 saturated carbocycles. The second-order valence-corrected chi connectivity index (χ2v) is 4.08. The van der Waals surface area contributed by atoms with Gasteiger partial charge in [-0.25, -0.2) is 0 Å². The molecule has 9 heteroatoms. The molecule has 2 heterocycles. The number of hydrogen-bond donors (Lipinski definition) is 5. The van der Waals surface area contributed by atoms with Gasteiger partial charge in [0.15, 0.2) is 0 Å². The van der Waals surface area contributed by atoms with Crippen molar-refractivity contribution < 1.29 is 71.2 Å². The molecule has 2 saturated heterocycles. The monoisotopic (exact) mass is 298 g/mol. The molecule has 2 atom stereocenters. The van der Waals surface area contributed by atoms with E-state index >= 15 is 0 Å². The maximum Gasteiger partial charge on any atom is 1.00 e. The first-order valence-corrected chi connectivity index (χ1v) is 5.93. The van der Waals surface area contributed by atoms with E-state index in [0.29, 0.717) is 19.6 Å². The van der Waals surface area contributed by atoms with Crippen LogP contribution in [-0.2, 0) is 9.59 Å². The second-order valence-electron chi connectivity index (χ2n) is 4.08. The zero-order chi connectivity index (χ0) is 13.4. The van der Waals surface area contributed by atoms with Gasteiger partial charge in [-0.3, -0.25) is 4.79 Å².